The van der Waals surface area contributed by atoms with Gasteiger partial charge in [-0.05, 0) is 19.8 Å². The van der Waals surface area contributed by atoms with E-state index < -0.39 is 11.9 Å². The van der Waals surface area contributed by atoms with Gasteiger partial charge in [0, 0.05) is 31.5 Å². The summed E-state index contributed by atoms with van der Waals surface area (Å²) in [6.45, 7) is 2.95. The van der Waals surface area contributed by atoms with E-state index in [1.165, 1.54) is 5.56 Å². The Kier molecular flexibility index (Phi) is 5.16. The molecule has 1 atom stereocenters. The zero-order chi connectivity index (χ0) is 17.8. The number of carbonyl (C=O) groups excluding carboxylic acids is 1. The minimum atomic E-state index is -0.826. The van der Waals surface area contributed by atoms with Crippen LogP contribution in [0, 0.1) is 12.8 Å². The SMILES string of the molecule is Cc1ccc(-c2cnc(CCC(=O)N3CCC[C@H](C(=O)O)C3)o2)cc1. The van der Waals surface area contributed by atoms with Crippen molar-refractivity contribution in [3.8, 4) is 11.3 Å². The molecule has 0 spiro atoms. The molecule has 0 radical (unpaired) electrons. The summed E-state index contributed by atoms with van der Waals surface area (Å²) in [7, 11) is 0. The molecule has 1 aliphatic rings. The number of aryl methyl sites for hydroxylation is 2. The van der Waals surface area contributed by atoms with Crippen molar-refractivity contribution < 1.29 is 19.1 Å². The standard InChI is InChI=1S/C19H22N2O4/c1-13-4-6-14(7-5-13)16-11-20-17(25-16)8-9-18(22)21-10-2-3-15(12-21)19(23)24/h4-7,11,15H,2-3,8-10,12H2,1H3,(H,23,24)/t15-/m0/s1. The summed E-state index contributed by atoms with van der Waals surface area (Å²) in [6.07, 6.45) is 3.74. The van der Waals surface area contributed by atoms with Gasteiger partial charge in [-0.1, -0.05) is 29.8 Å². The molecule has 6 heteroatoms. The third-order valence-corrected chi connectivity index (χ3v) is 4.57. The average Bonchev–Trinajstić information content (AvgIpc) is 3.09. The van der Waals surface area contributed by atoms with Crippen molar-refractivity contribution in [1.82, 2.24) is 9.88 Å². The Bertz CT molecular complexity index is 751. The molecule has 2 heterocycles. The van der Waals surface area contributed by atoms with E-state index >= 15 is 0 Å². The van der Waals surface area contributed by atoms with Crippen molar-refractivity contribution >= 4 is 11.9 Å². The van der Waals surface area contributed by atoms with Crippen LogP contribution in [0.4, 0.5) is 0 Å². The molecule has 1 aliphatic heterocycles. The topological polar surface area (TPSA) is 83.6 Å². The number of carbonyl (C=O) groups is 2. The van der Waals surface area contributed by atoms with Gasteiger partial charge in [-0.3, -0.25) is 9.59 Å². The summed E-state index contributed by atoms with van der Waals surface area (Å²) in [5.74, 6) is -0.108. The smallest absolute Gasteiger partial charge is 0.308 e. The fourth-order valence-electron chi connectivity index (χ4n) is 3.05. The lowest BCUT2D eigenvalue weighted by Crippen LogP contribution is -2.42. The van der Waals surface area contributed by atoms with E-state index in [4.69, 9.17) is 9.52 Å². The molecule has 132 valence electrons. The molecule has 0 bridgehead atoms. The Morgan fingerprint density at radius 3 is 2.80 bits per heavy atom. The van der Waals surface area contributed by atoms with Crippen molar-refractivity contribution in [3.63, 3.8) is 0 Å². The van der Waals surface area contributed by atoms with Gasteiger partial charge >= 0.3 is 5.97 Å². The minimum absolute atomic E-state index is 0.0407. The molecule has 25 heavy (non-hydrogen) atoms. The van der Waals surface area contributed by atoms with Gasteiger partial charge in [0.25, 0.3) is 0 Å². The van der Waals surface area contributed by atoms with Crippen LogP contribution in [0.2, 0.25) is 0 Å². The molecular formula is C19H22N2O4. The number of carboxylic acids is 1. The van der Waals surface area contributed by atoms with E-state index in [0.29, 0.717) is 37.6 Å². The van der Waals surface area contributed by atoms with Gasteiger partial charge in [0.15, 0.2) is 11.7 Å². The summed E-state index contributed by atoms with van der Waals surface area (Å²) < 4.78 is 5.73. The number of hydrogen-bond acceptors (Lipinski definition) is 4. The summed E-state index contributed by atoms with van der Waals surface area (Å²) in [5.41, 5.74) is 2.13. The number of aliphatic carboxylic acids is 1. The Morgan fingerprint density at radius 1 is 1.32 bits per heavy atom. The van der Waals surface area contributed by atoms with Crippen LogP contribution in [0.5, 0.6) is 0 Å². The first-order chi connectivity index (χ1) is 12.0. The van der Waals surface area contributed by atoms with E-state index in [9.17, 15) is 9.59 Å². The number of hydrogen-bond donors (Lipinski definition) is 1. The summed E-state index contributed by atoms with van der Waals surface area (Å²) in [4.78, 5) is 29.3. The highest BCUT2D eigenvalue weighted by molar-refractivity contribution is 5.78. The second-order valence-corrected chi connectivity index (χ2v) is 6.50. The number of amides is 1. The van der Waals surface area contributed by atoms with Gasteiger partial charge in [-0.25, -0.2) is 4.98 Å². The van der Waals surface area contributed by atoms with E-state index in [-0.39, 0.29) is 12.3 Å². The van der Waals surface area contributed by atoms with Crippen LogP contribution in [-0.2, 0) is 16.0 Å². The third kappa shape index (κ3) is 4.26. The van der Waals surface area contributed by atoms with Gasteiger partial charge in [0.2, 0.25) is 5.91 Å². The van der Waals surface area contributed by atoms with Gasteiger partial charge in [-0.2, -0.15) is 0 Å². The fourth-order valence-corrected chi connectivity index (χ4v) is 3.05. The highest BCUT2D eigenvalue weighted by Crippen LogP contribution is 2.22. The van der Waals surface area contributed by atoms with Gasteiger partial charge in [0.1, 0.15) is 0 Å². The molecule has 0 unspecified atom stereocenters. The van der Waals surface area contributed by atoms with Crippen LogP contribution in [0.15, 0.2) is 34.9 Å². The maximum absolute atomic E-state index is 12.3. The van der Waals surface area contributed by atoms with E-state index in [2.05, 4.69) is 4.98 Å². The van der Waals surface area contributed by atoms with Crippen molar-refractivity contribution in [1.29, 1.82) is 0 Å². The number of likely N-dealkylation sites (tertiary alicyclic amines) is 1. The maximum atomic E-state index is 12.3. The molecule has 0 aliphatic carbocycles. The average molecular weight is 342 g/mol. The predicted octanol–water partition coefficient (Wildman–Crippen LogP) is 2.91. The van der Waals surface area contributed by atoms with Gasteiger partial charge < -0.3 is 14.4 Å². The quantitative estimate of drug-likeness (QED) is 0.903. The minimum Gasteiger partial charge on any atom is -0.481 e. The molecule has 1 aromatic heterocycles. The molecule has 1 N–H and O–H groups in total. The second kappa shape index (κ2) is 7.51. The van der Waals surface area contributed by atoms with Crippen molar-refractivity contribution in [2.24, 2.45) is 5.92 Å². The lowest BCUT2D eigenvalue weighted by atomic mass is 9.98. The van der Waals surface area contributed by atoms with E-state index in [1.807, 2.05) is 31.2 Å². The largest absolute Gasteiger partial charge is 0.481 e. The number of aromatic nitrogens is 1. The highest BCUT2D eigenvalue weighted by atomic mass is 16.4. The molecule has 2 aromatic rings. The lowest BCUT2D eigenvalue weighted by molar-refractivity contribution is -0.145. The number of benzene rings is 1. The zero-order valence-electron chi connectivity index (χ0n) is 14.3. The molecule has 1 saturated heterocycles. The van der Waals surface area contributed by atoms with E-state index in [0.717, 1.165) is 12.0 Å². The third-order valence-electron chi connectivity index (χ3n) is 4.57. The Morgan fingerprint density at radius 2 is 2.08 bits per heavy atom. The molecule has 6 nitrogen and oxygen atoms in total. The van der Waals surface area contributed by atoms with Crippen LogP contribution < -0.4 is 0 Å². The molecular weight excluding hydrogens is 320 g/mol. The highest BCUT2D eigenvalue weighted by Gasteiger charge is 2.28. The number of nitrogens with zero attached hydrogens (tertiary/aromatic N) is 2. The molecule has 1 amide bonds. The summed E-state index contributed by atoms with van der Waals surface area (Å²) >= 11 is 0. The number of oxazole rings is 1. The Labute approximate surface area is 146 Å². The fraction of sp³-hybridized carbons (Fsp3) is 0.421. The van der Waals surface area contributed by atoms with Crippen LogP contribution in [0.1, 0.15) is 30.7 Å². The lowest BCUT2D eigenvalue weighted by Gasteiger charge is -2.30. The number of carboxylic acid groups (broad SMARTS) is 1. The first-order valence-corrected chi connectivity index (χ1v) is 8.55. The summed E-state index contributed by atoms with van der Waals surface area (Å²) in [5, 5.41) is 9.11. The normalized spacial score (nSPS) is 17.5. The number of rotatable bonds is 5. The Hall–Kier alpha value is -2.63. The maximum Gasteiger partial charge on any atom is 0.308 e. The van der Waals surface area contributed by atoms with Crippen LogP contribution >= 0.6 is 0 Å². The number of piperidine rings is 1. The zero-order valence-corrected chi connectivity index (χ0v) is 14.3. The van der Waals surface area contributed by atoms with E-state index in [1.54, 1.807) is 11.1 Å². The van der Waals surface area contributed by atoms with Crippen molar-refractivity contribution in [3.05, 3.63) is 41.9 Å². The monoisotopic (exact) mass is 342 g/mol. The van der Waals surface area contributed by atoms with Gasteiger partial charge in [0.05, 0.1) is 12.1 Å². The van der Waals surface area contributed by atoms with Crippen LogP contribution in [-0.4, -0.2) is 40.0 Å². The van der Waals surface area contributed by atoms with Crippen molar-refractivity contribution in [2.45, 2.75) is 32.6 Å². The van der Waals surface area contributed by atoms with Crippen molar-refractivity contribution in [2.75, 3.05) is 13.1 Å². The predicted molar refractivity (Wildman–Crippen MR) is 91.9 cm³/mol. The van der Waals surface area contributed by atoms with Gasteiger partial charge in [-0.15, -0.1) is 0 Å². The molecule has 0 saturated carbocycles. The molecule has 1 aromatic carbocycles. The van der Waals surface area contributed by atoms with Crippen LogP contribution in [0.25, 0.3) is 11.3 Å². The molecule has 3 rings (SSSR count). The first-order valence-electron chi connectivity index (χ1n) is 8.55. The van der Waals surface area contributed by atoms with Crippen LogP contribution in [0.3, 0.4) is 0 Å². The molecule has 1 fully saturated rings. The summed E-state index contributed by atoms with van der Waals surface area (Å²) in [6, 6.07) is 7.97. The Balaban J connectivity index is 1.56. The second-order valence-electron chi connectivity index (χ2n) is 6.50. The first kappa shape index (κ1) is 17.2.